The monoisotopic (exact) mass is 373 g/mol. The first-order chi connectivity index (χ1) is 12.8. The number of pyridine rings is 1. The van der Waals surface area contributed by atoms with Crippen molar-refractivity contribution in [3.8, 4) is 0 Å². The first-order valence-electron chi connectivity index (χ1n) is 9.61. The summed E-state index contributed by atoms with van der Waals surface area (Å²) >= 11 is 0. The highest BCUT2D eigenvalue weighted by molar-refractivity contribution is 5.72. The minimum absolute atomic E-state index is 0.0880. The minimum atomic E-state index is -0.717. The summed E-state index contributed by atoms with van der Waals surface area (Å²) < 4.78 is 16.9. The molecule has 0 bridgehead atoms. The fourth-order valence-electron chi connectivity index (χ4n) is 4.74. The molecular formula is C19H24FN5O2. The molecule has 8 heteroatoms. The third kappa shape index (κ3) is 2.35. The fourth-order valence-corrected chi connectivity index (χ4v) is 4.74. The van der Waals surface area contributed by atoms with Crippen molar-refractivity contribution >= 4 is 11.2 Å². The molecule has 4 N–H and O–H groups in total. The predicted octanol–water partition coefficient (Wildman–Crippen LogP) is 0.818. The highest BCUT2D eigenvalue weighted by atomic mass is 19.1. The molecule has 3 fully saturated rings. The number of hydrogen-bond acceptors (Lipinski definition) is 5. The Labute approximate surface area is 155 Å². The molecule has 1 atom stereocenters. The van der Waals surface area contributed by atoms with E-state index in [4.69, 9.17) is 11.6 Å². The van der Waals surface area contributed by atoms with Crippen LogP contribution < -0.4 is 27.7 Å². The molecule has 3 heterocycles. The van der Waals surface area contributed by atoms with E-state index in [2.05, 4.69) is 0 Å². The van der Waals surface area contributed by atoms with E-state index in [0.717, 1.165) is 38.6 Å². The normalized spacial score (nSPS) is 24.0. The lowest BCUT2D eigenvalue weighted by Gasteiger charge is -2.25. The zero-order chi connectivity index (χ0) is 19.1. The van der Waals surface area contributed by atoms with E-state index < -0.39 is 17.1 Å². The van der Waals surface area contributed by atoms with Gasteiger partial charge >= 0.3 is 5.69 Å². The lowest BCUT2D eigenvalue weighted by atomic mass is 9.97. The van der Waals surface area contributed by atoms with E-state index in [1.807, 2.05) is 4.90 Å². The van der Waals surface area contributed by atoms with Crippen molar-refractivity contribution in [2.24, 2.45) is 11.7 Å². The molecule has 3 aliphatic rings. The molecule has 0 spiro atoms. The van der Waals surface area contributed by atoms with Gasteiger partial charge in [0.05, 0.1) is 17.4 Å². The van der Waals surface area contributed by atoms with Crippen molar-refractivity contribution in [1.29, 1.82) is 0 Å². The van der Waals surface area contributed by atoms with Gasteiger partial charge < -0.3 is 16.5 Å². The molecule has 1 aliphatic heterocycles. The van der Waals surface area contributed by atoms with Crippen LogP contribution in [0.2, 0.25) is 0 Å². The number of rotatable bonds is 3. The number of nitrogen functional groups attached to an aromatic ring is 1. The van der Waals surface area contributed by atoms with Crippen LogP contribution in [0.4, 0.5) is 10.1 Å². The van der Waals surface area contributed by atoms with E-state index in [1.165, 1.54) is 10.6 Å². The molecule has 0 unspecified atom stereocenters. The second kappa shape index (κ2) is 5.34. The maximum Gasteiger partial charge on any atom is 0.354 e. The van der Waals surface area contributed by atoms with E-state index in [-0.39, 0.29) is 11.5 Å². The van der Waals surface area contributed by atoms with Crippen molar-refractivity contribution in [2.45, 2.75) is 50.5 Å². The van der Waals surface area contributed by atoms with Crippen LogP contribution >= 0.6 is 0 Å². The summed E-state index contributed by atoms with van der Waals surface area (Å²) in [5.41, 5.74) is 7.24. The Morgan fingerprint density at radius 1 is 1.22 bits per heavy atom. The molecule has 5 rings (SSSR count). The summed E-state index contributed by atoms with van der Waals surface area (Å²) in [4.78, 5) is 27.1. The van der Waals surface area contributed by atoms with Gasteiger partial charge in [-0.15, -0.1) is 0 Å². The zero-order valence-electron chi connectivity index (χ0n) is 15.4. The summed E-state index contributed by atoms with van der Waals surface area (Å²) in [7, 11) is 0. The number of halogens is 1. The molecule has 2 aromatic heterocycles. The van der Waals surface area contributed by atoms with Crippen LogP contribution in [-0.4, -0.2) is 27.7 Å². The third-order valence-electron chi connectivity index (χ3n) is 6.67. The quantitative estimate of drug-likeness (QED) is 0.776. The van der Waals surface area contributed by atoms with Crippen LogP contribution in [0.25, 0.3) is 5.52 Å². The summed E-state index contributed by atoms with van der Waals surface area (Å²) in [5.74, 6) is 5.65. The van der Waals surface area contributed by atoms with Gasteiger partial charge in [0.1, 0.15) is 0 Å². The molecule has 0 radical (unpaired) electrons. The van der Waals surface area contributed by atoms with Crippen LogP contribution in [0.3, 0.4) is 0 Å². The number of aromatic nitrogens is 2. The molecule has 2 aliphatic carbocycles. The van der Waals surface area contributed by atoms with E-state index in [1.54, 1.807) is 6.92 Å². The van der Waals surface area contributed by atoms with Crippen LogP contribution in [0.5, 0.6) is 0 Å². The number of fused-ring (bicyclic) bond motifs is 1. The van der Waals surface area contributed by atoms with Crippen molar-refractivity contribution in [3.63, 3.8) is 0 Å². The lowest BCUT2D eigenvalue weighted by Crippen LogP contribution is -2.44. The van der Waals surface area contributed by atoms with E-state index in [9.17, 15) is 9.59 Å². The van der Waals surface area contributed by atoms with Gasteiger partial charge in [-0.05, 0) is 50.9 Å². The van der Waals surface area contributed by atoms with Crippen LogP contribution in [-0.2, 0) is 0 Å². The Morgan fingerprint density at radius 2 is 1.93 bits per heavy atom. The number of nitrogens with two attached hydrogens (primary N) is 2. The lowest BCUT2D eigenvalue weighted by molar-refractivity contribution is 0.442. The molecule has 7 nitrogen and oxygen atoms in total. The van der Waals surface area contributed by atoms with Gasteiger partial charge in [0.15, 0.2) is 5.82 Å². The minimum Gasteiger partial charge on any atom is -0.368 e. The fraction of sp³-hybridized carbons (Fsp3) is 0.579. The third-order valence-corrected chi connectivity index (χ3v) is 6.67. The molecule has 27 heavy (non-hydrogen) atoms. The summed E-state index contributed by atoms with van der Waals surface area (Å²) in [6.45, 7) is 3.23. The zero-order valence-corrected chi connectivity index (χ0v) is 15.4. The maximum atomic E-state index is 15.1. The number of anilines is 1. The van der Waals surface area contributed by atoms with Crippen LogP contribution in [0, 0.1) is 18.7 Å². The molecule has 144 valence electrons. The Kier molecular flexibility index (Phi) is 3.32. The molecule has 0 amide bonds. The second-order valence-electron chi connectivity index (χ2n) is 8.48. The first kappa shape index (κ1) is 16.8. The summed E-state index contributed by atoms with van der Waals surface area (Å²) in [6, 6.07) is 0. The maximum absolute atomic E-state index is 15.1. The Hall–Kier alpha value is -2.35. The Bertz CT molecular complexity index is 1080. The second-order valence-corrected chi connectivity index (χ2v) is 8.48. The van der Waals surface area contributed by atoms with Crippen molar-refractivity contribution in [1.82, 2.24) is 9.08 Å². The SMILES string of the molecule is Cc1c(N2CC[C@@H](C3(N)CC3)C2)c(F)cn2c(=O)n(N)c(=O)c(C3CC3)c12. The van der Waals surface area contributed by atoms with Gasteiger partial charge in [0.25, 0.3) is 5.56 Å². The number of hydrogen-bond donors (Lipinski definition) is 2. The molecule has 0 aromatic carbocycles. The van der Waals surface area contributed by atoms with Gasteiger partial charge in [0, 0.05) is 29.8 Å². The molecular weight excluding hydrogens is 349 g/mol. The number of nitrogens with zero attached hydrogens (tertiary/aromatic N) is 3. The van der Waals surface area contributed by atoms with Gasteiger partial charge in [-0.2, -0.15) is 4.68 Å². The van der Waals surface area contributed by atoms with Crippen LogP contribution in [0.15, 0.2) is 15.8 Å². The summed E-state index contributed by atoms with van der Waals surface area (Å²) in [6.07, 6.45) is 5.95. The van der Waals surface area contributed by atoms with Crippen molar-refractivity contribution in [3.05, 3.63) is 44.0 Å². The largest absolute Gasteiger partial charge is 0.368 e. The predicted molar refractivity (Wildman–Crippen MR) is 101 cm³/mol. The highest BCUT2D eigenvalue weighted by Gasteiger charge is 2.48. The van der Waals surface area contributed by atoms with Gasteiger partial charge in [-0.25, -0.2) is 9.18 Å². The topological polar surface area (TPSA) is 98.8 Å². The number of aryl methyl sites for hydroxylation is 1. The molecule has 1 saturated heterocycles. The average molecular weight is 373 g/mol. The van der Waals surface area contributed by atoms with Gasteiger partial charge in [-0.1, -0.05) is 0 Å². The summed E-state index contributed by atoms with van der Waals surface area (Å²) in [5, 5.41) is 0. The smallest absolute Gasteiger partial charge is 0.354 e. The van der Waals surface area contributed by atoms with E-state index in [0.29, 0.717) is 39.5 Å². The van der Waals surface area contributed by atoms with Crippen molar-refractivity contribution in [2.75, 3.05) is 23.8 Å². The Morgan fingerprint density at radius 3 is 2.56 bits per heavy atom. The van der Waals surface area contributed by atoms with E-state index >= 15 is 4.39 Å². The highest BCUT2D eigenvalue weighted by Crippen LogP contribution is 2.46. The van der Waals surface area contributed by atoms with Crippen molar-refractivity contribution < 1.29 is 4.39 Å². The van der Waals surface area contributed by atoms with Crippen LogP contribution in [0.1, 0.15) is 49.1 Å². The Balaban J connectivity index is 1.71. The standard InChI is InChI=1S/C19H24FN5O2/c1-10-15(23-7-4-12(8-23)19(21)5-6-19)13(20)9-24-16(10)14(11-2-3-11)17(26)25(22)18(24)27/h9,11-12H,2-8,21-22H2,1H3/t12-/m1/s1. The van der Waals surface area contributed by atoms with Gasteiger partial charge in [-0.3, -0.25) is 9.20 Å². The van der Waals surface area contributed by atoms with Gasteiger partial charge in [0.2, 0.25) is 0 Å². The average Bonchev–Trinajstić information content (AvgIpc) is 3.55. The molecule has 2 saturated carbocycles. The molecule has 2 aromatic rings. The first-order valence-corrected chi connectivity index (χ1v) is 9.61.